The average Bonchev–Trinajstić information content (AvgIpc) is 2.64. The predicted molar refractivity (Wildman–Crippen MR) is 51.2 cm³/mol. The summed E-state index contributed by atoms with van der Waals surface area (Å²) in [6, 6.07) is 0. The van der Waals surface area contributed by atoms with Gasteiger partial charge in [0.25, 0.3) is 5.56 Å². The van der Waals surface area contributed by atoms with Gasteiger partial charge in [-0.05, 0) is 0 Å². The minimum atomic E-state index is -2.76. The molecule has 2 aromatic rings. The lowest BCUT2D eigenvalue weighted by Gasteiger charge is -2.02. The third-order valence-corrected chi connectivity index (χ3v) is 1.97. The molecule has 0 spiro atoms. The van der Waals surface area contributed by atoms with Crippen LogP contribution in [0, 0.1) is 0 Å². The van der Waals surface area contributed by atoms with Crippen molar-refractivity contribution < 1.29 is 6.85 Å². The van der Waals surface area contributed by atoms with Crippen LogP contribution in [-0.2, 0) is 21.0 Å². The SMILES string of the molecule is [2H]Cn1c(=O)n(C)c(=O)c2c1nc([2H])n2C([2H])([2H])[2H]. The Morgan fingerprint density at radius 2 is 2.29 bits per heavy atom. The van der Waals surface area contributed by atoms with Crippen LogP contribution >= 0.6 is 0 Å². The third-order valence-electron chi connectivity index (χ3n) is 1.97. The van der Waals surface area contributed by atoms with Crippen LogP contribution in [0.3, 0.4) is 0 Å². The predicted octanol–water partition coefficient (Wildman–Crippen LogP) is -1.03. The van der Waals surface area contributed by atoms with Gasteiger partial charge in [0.1, 0.15) is 1.37 Å². The Hall–Kier alpha value is -1.85. The third kappa shape index (κ3) is 0.876. The van der Waals surface area contributed by atoms with Crippen molar-refractivity contribution in [1.82, 2.24) is 18.7 Å². The molecule has 0 N–H and O–H groups in total. The highest BCUT2D eigenvalue weighted by molar-refractivity contribution is 5.69. The molecule has 0 atom stereocenters. The minimum absolute atomic E-state index is 0.260. The summed E-state index contributed by atoms with van der Waals surface area (Å²) < 4.78 is 38.7. The molecular weight excluding hydrogens is 184 g/mol. The van der Waals surface area contributed by atoms with Crippen molar-refractivity contribution in [2.45, 2.75) is 0 Å². The first-order chi connectivity index (χ1) is 8.70. The van der Waals surface area contributed by atoms with E-state index in [-0.39, 0.29) is 11.2 Å². The summed E-state index contributed by atoms with van der Waals surface area (Å²) in [5, 5.41) is 0. The fourth-order valence-electron chi connectivity index (χ4n) is 1.20. The van der Waals surface area contributed by atoms with Crippen molar-refractivity contribution in [1.29, 1.82) is 0 Å². The van der Waals surface area contributed by atoms with Crippen LogP contribution in [0.1, 0.15) is 6.85 Å². The van der Waals surface area contributed by atoms with Gasteiger partial charge in [-0.2, -0.15) is 0 Å². The van der Waals surface area contributed by atoms with E-state index in [0.29, 0.717) is 9.13 Å². The van der Waals surface area contributed by atoms with Gasteiger partial charge in [0.05, 0.1) is 6.30 Å². The Balaban J connectivity index is 3.14. The molecule has 2 rings (SSSR count). The van der Waals surface area contributed by atoms with Crippen molar-refractivity contribution in [2.75, 3.05) is 0 Å². The second-order valence-corrected chi connectivity index (χ2v) is 2.79. The minimum Gasteiger partial charge on any atom is -0.328 e. The highest BCUT2D eigenvalue weighted by Crippen LogP contribution is 2.01. The molecule has 0 aromatic carbocycles. The second kappa shape index (κ2) is 2.57. The van der Waals surface area contributed by atoms with E-state index in [1.807, 2.05) is 0 Å². The van der Waals surface area contributed by atoms with Crippen LogP contribution < -0.4 is 11.2 Å². The van der Waals surface area contributed by atoms with E-state index in [4.69, 9.17) is 6.85 Å². The smallest absolute Gasteiger partial charge is 0.328 e. The summed E-state index contributed by atoms with van der Waals surface area (Å²) in [6.07, 6.45) is -0.653. The zero-order valence-corrected chi connectivity index (χ0v) is 7.31. The van der Waals surface area contributed by atoms with Crippen LogP contribution in [0.4, 0.5) is 0 Å². The Morgan fingerprint density at radius 1 is 1.50 bits per heavy atom. The van der Waals surface area contributed by atoms with E-state index in [1.165, 1.54) is 7.05 Å². The van der Waals surface area contributed by atoms with Gasteiger partial charge >= 0.3 is 5.69 Å². The molecule has 6 heteroatoms. The van der Waals surface area contributed by atoms with Crippen LogP contribution in [0.5, 0.6) is 0 Å². The first-order valence-electron chi connectivity index (χ1n) is 6.39. The Morgan fingerprint density at radius 3 is 2.93 bits per heavy atom. The Kier molecular flexibility index (Phi) is 0.841. The number of hydrogen-bond acceptors (Lipinski definition) is 3. The van der Waals surface area contributed by atoms with E-state index in [1.54, 1.807) is 0 Å². The molecule has 2 heterocycles. The zero-order chi connectivity index (χ0) is 14.5. The maximum absolute atomic E-state index is 12.0. The Bertz CT molecular complexity index is 768. The summed E-state index contributed by atoms with van der Waals surface area (Å²) in [5.41, 5.74) is -2.27. The van der Waals surface area contributed by atoms with Crippen LogP contribution in [0.25, 0.3) is 11.2 Å². The topological polar surface area (TPSA) is 61.8 Å². The van der Waals surface area contributed by atoms with Gasteiger partial charge in [-0.15, -0.1) is 0 Å². The summed E-state index contributed by atoms with van der Waals surface area (Å²) in [7, 11) is 0.650. The van der Waals surface area contributed by atoms with E-state index in [2.05, 4.69) is 4.98 Å². The highest BCUT2D eigenvalue weighted by atomic mass is 16.2. The molecule has 0 aliphatic rings. The maximum atomic E-state index is 12.0. The van der Waals surface area contributed by atoms with Crippen molar-refractivity contribution >= 4 is 11.2 Å². The van der Waals surface area contributed by atoms with Gasteiger partial charge in [-0.25, -0.2) is 9.78 Å². The molecule has 0 aliphatic heterocycles. The van der Waals surface area contributed by atoms with Crippen molar-refractivity contribution in [3.63, 3.8) is 0 Å². The summed E-state index contributed by atoms with van der Waals surface area (Å²) in [4.78, 5) is 27.4. The number of rotatable bonds is 0. The first-order valence-corrected chi connectivity index (χ1v) is 3.68. The molecule has 6 nitrogen and oxygen atoms in total. The molecule has 0 aliphatic carbocycles. The fourth-order valence-corrected chi connectivity index (χ4v) is 1.20. The number of nitrogens with zero attached hydrogens (tertiary/aromatic N) is 4. The summed E-state index contributed by atoms with van der Waals surface area (Å²) in [6.45, 7) is -2.76. The molecule has 74 valence electrons. The molecule has 2 aromatic heterocycles. The lowest BCUT2D eigenvalue weighted by Crippen LogP contribution is -2.37. The van der Waals surface area contributed by atoms with E-state index in [0.717, 1.165) is 4.57 Å². The largest absolute Gasteiger partial charge is 0.332 e. The van der Waals surface area contributed by atoms with Gasteiger partial charge in [0, 0.05) is 26.5 Å². The van der Waals surface area contributed by atoms with Crippen molar-refractivity contribution in [3.05, 3.63) is 27.1 Å². The van der Waals surface area contributed by atoms with Gasteiger partial charge in [-0.3, -0.25) is 13.9 Å². The number of fused-ring (bicyclic) bond motifs is 1. The quantitative estimate of drug-likeness (QED) is 0.545. The second-order valence-electron chi connectivity index (χ2n) is 2.79. The fraction of sp³-hybridized carbons (Fsp3) is 0.375. The molecule has 0 fully saturated rings. The lowest BCUT2D eigenvalue weighted by molar-refractivity contribution is 0.705. The Labute approximate surface area is 86.1 Å². The molecule has 0 bridgehead atoms. The van der Waals surface area contributed by atoms with Crippen LogP contribution in [0.15, 0.2) is 15.9 Å². The molecule has 0 saturated heterocycles. The van der Waals surface area contributed by atoms with Crippen molar-refractivity contribution in [2.24, 2.45) is 21.0 Å². The standard InChI is InChI=1S/C8H10N4O2/c1-10-4-9-6-5(10)7(13)12(3)8(14)11(6)2/h4H,1-3H3/i1D3,2D,4D. The van der Waals surface area contributed by atoms with E-state index >= 15 is 0 Å². The number of hydrogen-bond donors (Lipinski definition) is 0. The molecule has 0 saturated carbocycles. The van der Waals surface area contributed by atoms with Crippen molar-refractivity contribution in [3.8, 4) is 0 Å². The van der Waals surface area contributed by atoms with E-state index in [9.17, 15) is 9.59 Å². The van der Waals surface area contributed by atoms with Gasteiger partial charge < -0.3 is 4.57 Å². The number of aryl methyl sites for hydroxylation is 2. The van der Waals surface area contributed by atoms with Gasteiger partial charge in [0.2, 0.25) is 0 Å². The summed E-state index contributed by atoms with van der Waals surface area (Å²) >= 11 is 0. The van der Waals surface area contributed by atoms with Gasteiger partial charge in [0.15, 0.2) is 11.2 Å². The molecule has 0 unspecified atom stereocenters. The highest BCUT2D eigenvalue weighted by Gasteiger charge is 2.11. The number of aromatic nitrogens is 4. The van der Waals surface area contributed by atoms with Crippen LogP contribution in [-0.4, -0.2) is 18.7 Å². The monoisotopic (exact) mass is 199 g/mol. The molecule has 0 amide bonds. The van der Waals surface area contributed by atoms with Gasteiger partial charge in [-0.1, -0.05) is 0 Å². The lowest BCUT2D eigenvalue weighted by atomic mass is 10.5. The first kappa shape index (κ1) is 4.59. The normalized spacial score (nSPS) is 17.1. The number of imidazole rings is 1. The molecule has 14 heavy (non-hydrogen) atoms. The average molecular weight is 199 g/mol. The van der Waals surface area contributed by atoms with E-state index < -0.39 is 31.6 Å². The zero-order valence-electron chi connectivity index (χ0n) is 12.3. The molecule has 0 radical (unpaired) electrons. The summed E-state index contributed by atoms with van der Waals surface area (Å²) in [5.74, 6) is 0. The van der Waals surface area contributed by atoms with Crippen LogP contribution in [0.2, 0.25) is 0 Å². The maximum Gasteiger partial charge on any atom is 0.332 e. The molecular formula is C8H10N4O2.